The van der Waals surface area contributed by atoms with Gasteiger partial charge in [-0.05, 0) is 54.8 Å². The molecule has 4 N–H and O–H groups in total. The summed E-state index contributed by atoms with van der Waals surface area (Å²) in [5, 5.41) is 21.0. The highest BCUT2D eigenvalue weighted by atomic mass is 16.5. The van der Waals surface area contributed by atoms with E-state index in [4.69, 9.17) is 14.2 Å². The van der Waals surface area contributed by atoms with Crippen LogP contribution in [0, 0.1) is 12.8 Å². The number of nitrogens with zero attached hydrogens (tertiary/aromatic N) is 1. The van der Waals surface area contributed by atoms with E-state index >= 15 is 0 Å². The van der Waals surface area contributed by atoms with Crippen LogP contribution in [-0.4, -0.2) is 54.9 Å². The first-order valence-electron chi connectivity index (χ1n) is 12.5. The Bertz CT molecular complexity index is 1350. The van der Waals surface area contributed by atoms with Gasteiger partial charge in [-0.2, -0.15) is 0 Å². The van der Waals surface area contributed by atoms with Crippen molar-refractivity contribution in [3.63, 3.8) is 0 Å². The average molecular weight is 520 g/mol. The summed E-state index contributed by atoms with van der Waals surface area (Å²) in [5.74, 6) is 1.57. The zero-order valence-electron chi connectivity index (χ0n) is 21.9. The van der Waals surface area contributed by atoms with Crippen LogP contribution in [0.1, 0.15) is 34.3 Å². The number of carbonyl (C=O) groups is 1. The van der Waals surface area contributed by atoms with Crippen molar-refractivity contribution in [3.8, 4) is 28.7 Å². The molecule has 4 unspecified atom stereocenters. The third-order valence-corrected chi connectivity index (χ3v) is 7.57. The Labute approximate surface area is 221 Å². The van der Waals surface area contributed by atoms with Gasteiger partial charge < -0.3 is 29.3 Å². The number of carbonyl (C=O) groups excluding carboxylic acids is 1. The molecule has 2 aliphatic rings. The number of rotatable bonds is 8. The Morgan fingerprint density at radius 2 is 1.53 bits per heavy atom. The first kappa shape index (κ1) is 25.7. The maximum absolute atomic E-state index is 13.8. The molecule has 1 amide bonds. The van der Waals surface area contributed by atoms with E-state index in [1.54, 1.807) is 32.4 Å². The molecule has 9 nitrogen and oxygen atoms in total. The molecule has 2 saturated heterocycles. The van der Waals surface area contributed by atoms with Crippen molar-refractivity contribution in [3.05, 3.63) is 76.9 Å². The molecule has 0 aliphatic carbocycles. The van der Waals surface area contributed by atoms with Gasteiger partial charge in [-0.15, -0.1) is 0 Å². The Kier molecular flexibility index (Phi) is 7.05. The van der Waals surface area contributed by atoms with E-state index in [1.165, 1.54) is 7.11 Å². The maximum Gasteiger partial charge on any atom is 0.242 e. The summed E-state index contributed by atoms with van der Waals surface area (Å²) < 4.78 is 16.2. The monoisotopic (exact) mass is 519 g/mol. The Hall–Kier alpha value is -3.95. The molecule has 3 aromatic carbocycles. The number of hydrogen-bond donors (Lipinski definition) is 4. The normalized spacial score (nSPS) is 22.4. The lowest BCUT2D eigenvalue weighted by atomic mass is 9.82. The Morgan fingerprint density at radius 1 is 0.816 bits per heavy atom. The molecule has 0 bridgehead atoms. The maximum atomic E-state index is 13.8. The third-order valence-electron chi connectivity index (χ3n) is 7.57. The van der Waals surface area contributed by atoms with E-state index in [9.17, 15) is 15.0 Å². The van der Waals surface area contributed by atoms with E-state index in [-0.39, 0.29) is 35.4 Å². The van der Waals surface area contributed by atoms with Gasteiger partial charge in [0.05, 0.1) is 33.4 Å². The number of fused-ring (bicyclic) bond motifs is 1. The summed E-state index contributed by atoms with van der Waals surface area (Å²) in [7, 11) is 4.70. The highest BCUT2D eigenvalue weighted by Gasteiger charge is 2.55. The second kappa shape index (κ2) is 10.4. The van der Waals surface area contributed by atoms with Crippen molar-refractivity contribution in [2.45, 2.75) is 31.5 Å². The Balaban J connectivity index is 1.52. The summed E-state index contributed by atoms with van der Waals surface area (Å²) in [6.45, 7) is 2.43. The van der Waals surface area contributed by atoms with E-state index in [0.717, 1.165) is 22.3 Å². The number of phenols is 2. The molecule has 3 aromatic rings. The molecular formula is C29H33N3O6. The van der Waals surface area contributed by atoms with Gasteiger partial charge in [-0.25, -0.2) is 10.9 Å². The fourth-order valence-electron chi connectivity index (χ4n) is 5.70. The number of phenolic OH excluding ortho intramolecular Hbond substituents is 2. The van der Waals surface area contributed by atoms with Crippen LogP contribution >= 0.6 is 0 Å². The third kappa shape index (κ3) is 4.48. The summed E-state index contributed by atoms with van der Waals surface area (Å²) in [5.41, 5.74) is 10.1. The number of ether oxygens (including phenoxy) is 3. The lowest BCUT2D eigenvalue weighted by molar-refractivity contribution is -0.130. The fourth-order valence-corrected chi connectivity index (χ4v) is 5.70. The second-order valence-electron chi connectivity index (χ2n) is 9.73. The number of aryl methyl sites for hydroxylation is 1. The first-order chi connectivity index (χ1) is 18.4. The van der Waals surface area contributed by atoms with Crippen LogP contribution in [0.2, 0.25) is 0 Å². The summed E-state index contributed by atoms with van der Waals surface area (Å²) in [6.07, 6.45) is 0.602. The van der Waals surface area contributed by atoms with Gasteiger partial charge >= 0.3 is 0 Å². The minimum Gasteiger partial charge on any atom is -0.508 e. The minimum absolute atomic E-state index is 0.0320. The van der Waals surface area contributed by atoms with Crippen molar-refractivity contribution in [1.82, 2.24) is 15.8 Å². The molecule has 4 atom stereocenters. The fraction of sp³-hybridized carbons (Fsp3) is 0.345. The van der Waals surface area contributed by atoms with Crippen LogP contribution in [0.4, 0.5) is 0 Å². The molecule has 2 aliphatic heterocycles. The van der Waals surface area contributed by atoms with Crippen LogP contribution < -0.4 is 25.1 Å². The van der Waals surface area contributed by atoms with Gasteiger partial charge in [0.25, 0.3) is 0 Å². The standard InChI is InChI=1S/C29H33N3O6/c1-16-5-8-20(33)19(13-16)26-25-27(31-30-26)29(35)32(28(25)18-7-9-21(34)23(15-18)37-3)12-11-17-6-10-22(36-2)24(14-17)38-4/h5-10,13-15,25-28,30-31,33-34H,11-12H2,1-4H3. The highest BCUT2D eigenvalue weighted by molar-refractivity contribution is 5.86. The number of hydrogen-bond acceptors (Lipinski definition) is 8. The van der Waals surface area contributed by atoms with Gasteiger partial charge in [0.15, 0.2) is 23.0 Å². The molecule has 38 heavy (non-hydrogen) atoms. The molecule has 0 radical (unpaired) electrons. The van der Waals surface area contributed by atoms with Crippen LogP contribution in [0.3, 0.4) is 0 Å². The molecule has 5 rings (SSSR count). The topological polar surface area (TPSA) is 113 Å². The van der Waals surface area contributed by atoms with Gasteiger partial charge in [0.1, 0.15) is 11.8 Å². The highest BCUT2D eigenvalue weighted by Crippen LogP contribution is 2.49. The van der Waals surface area contributed by atoms with Crippen molar-refractivity contribution in [1.29, 1.82) is 0 Å². The lowest BCUT2D eigenvalue weighted by Gasteiger charge is -2.32. The van der Waals surface area contributed by atoms with E-state index in [1.807, 2.05) is 48.2 Å². The molecule has 2 heterocycles. The molecule has 2 fully saturated rings. The van der Waals surface area contributed by atoms with E-state index in [2.05, 4.69) is 10.9 Å². The van der Waals surface area contributed by atoms with Crippen molar-refractivity contribution in [2.75, 3.05) is 27.9 Å². The summed E-state index contributed by atoms with van der Waals surface area (Å²) in [4.78, 5) is 15.7. The Morgan fingerprint density at radius 3 is 2.26 bits per heavy atom. The second-order valence-corrected chi connectivity index (χ2v) is 9.73. The van der Waals surface area contributed by atoms with Gasteiger partial charge in [-0.1, -0.05) is 29.8 Å². The largest absolute Gasteiger partial charge is 0.508 e. The zero-order valence-corrected chi connectivity index (χ0v) is 21.9. The minimum atomic E-state index is -0.491. The number of hydrazine groups is 1. The predicted molar refractivity (Wildman–Crippen MR) is 141 cm³/mol. The summed E-state index contributed by atoms with van der Waals surface area (Å²) >= 11 is 0. The average Bonchev–Trinajstić information content (AvgIpc) is 3.47. The quantitative estimate of drug-likeness (QED) is 0.358. The number of amides is 1. The number of benzene rings is 3. The van der Waals surface area contributed by atoms with Crippen molar-refractivity contribution >= 4 is 5.91 Å². The summed E-state index contributed by atoms with van der Waals surface area (Å²) in [6, 6.07) is 15.3. The van der Waals surface area contributed by atoms with Crippen LogP contribution in [0.15, 0.2) is 54.6 Å². The van der Waals surface area contributed by atoms with Crippen molar-refractivity contribution in [2.24, 2.45) is 5.92 Å². The number of methoxy groups -OCH3 is 3. The van der Waals surface area contributed by atoms with Crippen LogP contribution in [0.5, 0.6) is 28.7 Å². The van der Waals surface area contributed by atoms with E-state index < -0.39 is 6.04 Å². The van der Waals surface area contributed by atoms with E-state index in [0.29, 0.717) is 30.2 Å². The molecule has 9 heteroatoms. The predicted octanol–water partition coefficient (Wildman–Crippen LogP) is 3.39. The van der Waals surface area contributed by atoms with Crippen LogP contribution in [-0.2, 0) is 11.2 Å². The smallest absolute Gasteiger partial charge is 0.242 e. The molecule has 0 saturated carbocycles. The molecule has 200 valence electrons. The molecule has 0 spiro atoms. The lowest BCUT2D eigenvalue weighted by Crippen LogP contribution is -2.42. The molecule has 0 aromatic heterocycles. The SMILES string of the molecule is COc1cc(C2C3C(NNC3c3cc(C)ccc3O)C(=O)N2CCc2ccc(OC)c(OC)c2)ccc1O. The van der Waals surface area contributed by atoms with Gasteiger partial charge in [-0.3, -0.25) is 4.79 Å². The number of nitrogens with one attached hydrogen (secondary N) is 2. The van der Waals surface area contributed by atoms with Gasteiger partial charge in [0, 0.05) is 18.0 Å². The van der Waals surface area contributed by atoms with Gasteiger partial charge in [0.2, 0.25) is 5.91 Å². The first-order valence-corrected chi connectivity index (χ1v) is 12.5. The number of aromatic hydroxyl groups is 2. The zero-order chi connectivity index (χ0) is 27.0. The van der Waals surface area contributed by atoms with Crippen LogP contribution in [0.25, 0.3) is 0 Å². The van der Waals surface area contributed by atoms with Crippen molar-refractivity contribution < 1.29 is 29.2 Å². The number of likely N-dealkylation sites (tertiary alicyclic amines) is 1. The molecular weight excluding hydrogens is 486 g/mol.